The van der Waals surface area contributed by atoms with Gasteiger partial charge in [-0.3, -0.25) is 0 Å². The Morgan fingerprint density at radius 1 is 0.968 bits per heavy atom. The normalized spacial score (nSPS) is 14.5. The van der Waals surface area contributed by atoms with E-state index in [-0.39, 0.29) is 0 Å². The van der Waals surface area contributed by atoms with Crippen LogP contribution in [0.1, 0.15) is 31.0 Å². The molecule has 0 bridgehead atoms. The number of para-hydroxylation sites is 1. The monoisotopic (exact) mass is 468 g/mol. The van der Waals surface area contributed by atoms with Crippen molar-refractivity contribution in [3.8, 4) is 11.6 Å². The maximum atomic E-state index is 5.92. The van der Waals surface area contributed by atoms with Crippen LogP contribution in [0.3, 0.4) is 0 Å². The number of nitrogens with zero attached hydrogens (tertiary/aromatic N) is 4. The molecule has 0 amide bonds. The summed E-state index contributed by atoms with van der Waals surface area (Å²) < 4.78 is 10.6. The first-order valence-corrected chi connectivity index (χ1v) is 12.7. The zero-order valence-corrected chi connectivity index (χ0v) is 19.0. The van der Waals surface area contributed by atoms with Crippen molar-refractivity contribution in [1.82, 2.24) is 19.4 Å². The summed E-state index contributed by atoms with van der Waals surface area (Å²) in [6.07, 6.45) is 9.78. The van der Waals surface area contributed by atoms with Crippen molar-refractivity contribution in [2.75, 3.05) is 0 Å². The Kier molecular flexibility index (Phi) is 4.69. The van der Waals surface area contributed by atoms with Crippen LogP contribution in [-0.4, -0.2) is 35.1 Å². The predicted molar refractivity (Wildman–Crippen MR) is 124 cm³/mol. The summed E-state index contributed by atoms with van der Waals surface area (Å²) in [5.74, 6) is 3.19. The van der Waals surface area contributed by atoms with Gasteiger partial charge in [-0.2, -0.15) is 0 Å². The number of benzene rings is 2. The molecule has 1 saturated carbocycles. The number of imidazole rings is 1. The van der Waals surface area contributed by atoms with Gasteiger partial charge in [0.15, 0.2) is 0 Å². The molecular weight excluding hydrogens is 447 g/mol. The molecule has 1 aliphatic rings. The molecule has 6 rings (SSSR count). The molecule has 5 aromatic rings. The molecule has 0 saturated heterocycles. The third-order valence-electron chi connectivity index (χ3n) is 5.85. The zero-order valence-electron chi connectivity index (χ0n) is 16.9. The molecule has 0 radical (unpaired) electrons. The molecule has 5 nitrogen and oxygen atoms in total. The molecule has 3 heterocycles. The van der Waals surface area contributed by atoms with Crippen molar-refractivity contribution >= 4 is 41.0 Å². The third-order valence-corrected chi connectivity index (χ3v) is 8.42. The first-order valence-electron chi connectivity index (χ1n) is 10.6. The quantitative estimate of drug-likeness (QED) is 0.369. The van der Waals surface area contributed by atoms with Crippen molar-refractivity contribution in [3.63, 3.8) is 0 Å². The summed E-state index contributed by atoms with van der Waals surface area (Å²) in [7, 11) is 0. The second-order valence-corrected chi connectivity index (χ2v) is 10.6. The van der Waals surface area contributed by atoms with E-state index in [2.05, 4.69) is 34.9 Å². The molecule has 1 unspecified atom stereocenters. The molecular formula is C25H21AsN4O. The van der Waals surface area contributed by atoms with Crippen LogP contribution in [0.2, 0.25) is 0 Å². The first-order chi connectivity index (χ1) is 15.3. The summed E-state index contributed by atoms with van der Waals surface area (Å²) in [6.45, 7) is 0. The number of aromatic nitrogens is 4. The Hall–Kier alpha value is -3.17. The van der Waals surface area contributed by atoms with Crippen LogP contribution in [0.25, 0.3) is 16.4 Å². The Bertz CT molecular complexity index is 1380. The van der Waals surface area contributed by atoms with Gasteiger partial charge >= 0.3 is 187 Å². The van der Waals surface area contributed by atoms with E-state index >= 15 is 0 Å². The standard InChI is InChI=1S/C25H21AsN4O/c1-2-7-20(8-3-1)31-23-12-10-17-9-11-19(15-21(17)29-23)26-24-22-16-28-25(18-5-4-6-18)30(22)14-13-27-24/h1-3,7-16,18,26H,4-6H2. The van der Waals surface area contributed by atoms with Crippen molar-refractivity contribution < 1.29 is 4.74 Å². The number of pyridine rings is 1. The number of ether oxygens (including phenoxy) is 1. The van der Waals surface area contributed by atoms with Crippen LogP contribution in [-0.2, 0) is 0 Å². The second kappa shape index (κ2) is 7.82. The van der Waals surface area contributed by atoms with Gasteiger partial charge in [-0.15, -0.1) is 0 Å². The Morgan fingerprint density at radius 2 is 1.84 bits per heavy atom. The van der Waals surface area contributed by atoms with Crippen LogP contribution in [0.4, 0.5) is 0 Å². The van der Waals surface area contributed by atoms with Crippen LogP contribution in [0.5, 0.6) is 11.6 Å². The maximum absolute atomic E-state index is 5.92. The second-order valence-electron chi connectivity index (χ2n) is 7.87. The average molecular weight is 468 g/mol. The molecule has 0 N–H and O–H groups in total. The van der Waals surface area contributed by atoms with Gasteiger partial charge in [0.1, 0.15) is 0 Å². The Balaban J connectivity index is 1.31. The van der Waals surface area contributed by atoms with Gasteiger partial charge < -0.3 is 0 Å². The minimum absolute atomic E-state index is 0.602. The van der Waals surface area contributed by atoms with Gasteiger partial charge in [-0.1, -0.05) is 0 Å². The topological polar surface area (TPSA) is 52.3 Å². The number of rotatable bonds is 5. The average Bonchev–Trinajstić information content (AvgIpc) is 3.18. The fourth-order valence-corrected chi connectivity index (χ4v) is 6.30. The SMILES string of the molecule is c1ccc(Oc2ccc3ccc([AsH]c4nccn5c(C6CCC6)ncc45)cc3n2)cc1. The molecule has 0 spiro atoms. The van der Waals surface area contributed by atoms with Gasteiger partial charge in [0.25, 0.3) is 0 Å². The van der Waals surface area contributed by atoms with E-state index in [9.17, 15) is 0 Å². The van der Waals surface area contributed by atoms with Gasteiger partial charge in [-0.25, -0.2) is 0 Å². The van der Waals surface area contributed by atoms with E-state index in [1.165, 1.54) is 29.4 Å². The number of fused-ring (bicyclic) bond motifs is 2. The fourth-order valence-electron chi connectivity index (χ4n) is 3.99. The first kappa shape index (κ1) is 18.6. The van der Waals surface area contributed by atoms with Crippen LogP contribution >= 0.6 is 0 Å². The molecule has 3 aromatic heterocycles. The van der Waals surface area contributed by atoms with Crippen molar-refractivity contribution in [2.45, 2.75) is 25.2 Å². The minimum atomic E-state index is -0.615. The van der Waals surface area contributed by atoms with E-state index in [1.807, 2.05) is 48.8 Å². The van der Waals surface area contributed by atoms with Gasteiger partial charge in [0, 0.05) is 0 Å². The molecule has 0 aliphatic heterocycles. The van der Waals surface area contributed by atoms with Gasteiger partial charge in [0.05, 0.1) is 0 Å². The zero-order chi connectivity index (χ0) is 20.6. The third kappa shape index (κ3) is 3.59. The Labute approximate surface area is 186 Å². The summed E-state index contributed by atoms with van der Waals surface area (Å²) in [6, 6.07) is 20.3. The molecule has 2 aromatic carbocycles. The molecule has 31 heavy (non-hydrogen) atoms. The van der Waals surface area contributed by atoms with Crippen molar-refractivity contribution in [1.29, 1.82) is 0 Å². The van der Waals surface area contributed by atoms with E-state index in [4.69, 9.17) is 19.7 Å². The van der Waals surface area contributed by atoms with Crippen LogP contribution in [0, 0.1) is 0 Å². The summed E-state index contributed by atoms with van der Waals surface area (Å²) in [4.78, 5) is 14.2. The summed E-state index contributed by atoms with van der Waals surface area (Å²) in [5.41, 5.74) is 2.10. The Morgan fingerprint density at radius 3 is 2.68 bits per heavy atom. The summed E-state index contributed by atoms with van der Waals surface area (Å²) >= 11 is -0.615. The van der Waals surface area contributed by atoms with E-state index in [0.29, 0.717) is 11.8 Å². The molecule has 6 heteroatoms. The van der Waals surface area contributed by atoms with Gasteiger partial charge in [0.2, 0.25) is 0 Å². The van der Waals surface area contributed by atoms with Crippen LogP contribution in [0.15, 0.2) is 79.3 Å². The molecule has 1 aliphatic carbocycles. The molecule has 152 valence electrons. The van der Waals surface area contributed by atoms with Gasteiger partial charge in [-0.05, 0) is 0 Å². The van der Waals surface area contributed by atoms with E-state index in [0.717, 1.165) is 26.7 Å². The van der Waals surface area contributed by atoms with E-state index < -0.39 is 15.8 Å². The predicted octanol–water partition coefficient (Wildman–Crippen LogP) is 3.72. The number of hydrogen-bond acceptors (Lipinski definition) is 4. The molecule has 1 fully saturated rings. The van der Waals surface area contributed by atoms with Crippen LogP contribution < -0.4 is 13.6 Å². The number of hydrogen-bond donors (Lipinski definition) is 0. The van der Waals surface area contributed by atoms with Crippen molar-refractivity contribution in [3.05, 3.63) is 85.1 Å². The fraction of sp³-hybridized carbons (Fsp3) is 0.160. The molecule has 1 atom stereocenters. The van der Waals surface area contributed by atoms with E-state index in [1.54, 1.807) is 0 Å². The summed E-state index contributed by atoms with van der Waals surface area (Å²) in [5, 5.41) is 1.11. The van der Waals surface area contributed by atoms with Crippen molar-refractivity contribution in [2.24, 2.45) is 0 Å².